The predicted octanol–water partition coefficient (Wildman–Crippen LogP) is 1.01. The average Bonchev–Trinajstić information content (AvgIpc) is 2.83. The summed E-state index contributed by atoms with van der Waals surface area (Å²) in [7, 11) is 0. The summed E-state index contributed by atoms with van der Waals surface area (Å²) in [5, 5.41) is 2.76. The molecule has 0 aliphatic heterocycles. The van der Waals surface area contributed by atoms with E-state index in [0.717, 1.165) is 13.1 Å². The number of unbranched alkanes of at least 4 members (excludes halogenated alkanes) is 7. The van der Waals surface area contributed by atoms with Gasteiger partial charge < -0.3 is 48.0 Å². The van der Waals surface area contributed by atoms with Crippen molar-refractivity contribution in [3.05, 3.63) is 84.2 Å². The third-order valence-electron chi connectivity index (χ3n) is 6.83. The van der Waals surface area contributed by atoms with E-state index in [1.165, 1.54) is 84.3 Å². The molecule has 4 aromatic rings. The van der Waals surface area contributed by atoms with E-state index in [4.69, 9.17) is 0 Å². The number of pyridine rings is 2. The summed E-state index contributed by atoms with van der Waals surface area (Å²) in [5.74, 6) is 0. The minimum absolute atomic E-state index is 0. The molecule has 34 heavy (non-hydrogen) atoms. The Balaban J connectivity index is 0.00000204. The van der Waals surface area contributed by atoms with Crippen molar-refractivity contribution in [2.45, 2.75) is 78.3 Å². The molecule has 0 aliphatic rings. The first kappa shape index (κ1) is 29.0. The van der Waals surface area contributed by atoms with Crippen molar-refractivity contribution >= 4 is 21.8 Å². The largest absolute Gasteiger partial charge is 1.00 e. The molecule has 0 saturated heterocycles. The summed E-state index contributed by atoms with van der Waals surface area (Å²) in [5.41, 5.74) is 5.47. The van der Waals surface area contributed by atoms with Crippen LogP contribution in [0.15, 0.2) is 73.1 Å². The van der Waals surface area contributed by atoms with Gasteiger partial charge in [-0.15, -0.1) is 0 Å². The Morgan fingerprint density at radius 2 is 0.824 bits per heavy atom. The zero-order valence-corrected chi connectivity index (χ0v) is 25.0. The molecule has 182 valence electrons. The van der Waals surface area contributed by atoms with Crippen LogP contribution in [0.3, 0.4) is 0 Å². The van der Waals surface area contributed by atoms with Gasteiger partial charge in [0, 0.05) is 47.9 Å². The molecule has 2 aromatic heterocycles. The first-order chi connectivity index (χ1) is 15.7. The number of nitrogens with zero attached hydrogens (tertiary/aromatic N) is 2. The van der Waals surface area contributed by atoms with Crippen LogP contribution in [0.25, 0.3) is 21.8 Å². The Bertz CT molecular complexity index is 1080. The van der Waals surface area contributed by atoms with E-state index in [9.17, 15) is 0 Å². The Morgan fingerprint density at radius 3 is 1.24 bits per heavy atom. The highest BCUT2D eigenvalue weighted by atomic mass is 127. The molecule has 4 rings (SSSR count). The molecule has 0 radical (unpaired) electrons. The average molecular weight is 680 g/mol. The van der Waals surface area contributed by atoms with Gasteiger partial charge in [0.1, 0.15) is 13.1 Å². The van der Waals surface area contributed by atoms with Gasteiger partial charge in [-0.05, 0) is 49.9 Å². The van der Waals surface area contributed by atoms with Gasteiger partial charge >= 0.3 is 0 Å². The molecule has 0 bridgehead atoms. The quantitative estimate of drug-likeness (QED) is 0.127. The van der Waals surface area contributed by atoms with Crippen LogP contribution in [-0.2, 0) is 13.1 Å². The Morgan fingerprint density at radius 1 is 0.471 bits per heavy atom. The van der Waals surface area contributed by atoms with Gasteiger partial charge in [0.15, 0.2) is 12.4 Å². The second-order valence-corrected chi connectivity index (χ2v) is 9.25. The zero-order chi connectivity index (χ0) is 22.2. The van der Waals surface area contributed by atoms with Crippen LogP contribution in [-0.4, -0.2) is 0 Å². The lowest BCUT2D eigenvalue weighted by atomic mass is 10.1. The molecule has 2 nitrogen and oxygen atoms in total. The molecule has 0 spiro atoms. The molecule has 0 aliphatic carbocycles. The van der Waals surface area contributed by atoms with Crippen molar-refractivity contribution < 1.29 is 57.1 Å². The van der Waals surface area contributed by atoms with E-state index in [2.05, 4.69) is 96.0 Å². The van der Waals surface area contributed by atoms with E-state index < -0.39 is 0 Å². The predicted molar refractivity (Wildman–Crippen MR) is 135 cm³/mol. The SMILES string of the molecule is Cc1cc[n+](CCCCCCCCCC[n+]2ccc(C)c3ccccc32)c2ccccc12.[I-].[I-]. The van der Waals surface area contributed by atoms with Gasteiger partial charge in [-0.1, -0.05) is 49.9 Å². The standard InChI is InChI=1S/C30H38N2.2HI/c1-25-19-23-31(29-17-11-9-15-27(25)29)21-13-7-5-3-4-6-8-14-22-32-24-20-26(2)28-16-10-12-18-30(28)32;;/h9-12,15-20,23-24H,3-8,13-14,21-22H2,1-2H3;2*1H/q+2;;/p-2. The van der Waals surface area contributed by atoms with Gasteiger partial charge in [-0.3, -0.25) is 0 Å². The number of hydrogen-bond acceptors (Lipinski definition) is 0. The lowest BCUT2D eigenvalue weighted by Gasteiger charge is -2.05. The molecule has 0 atom stereocenters. The number of aromatic nitrogens is 2. The third-order valence-corrected chi connectivity index (χ3v) is 6.83. The number of aryl methyl sites for hydroxylation is 4. The monoisotopic (exact) mass is 680 g/mol. The lowest BCUT2D eigenvalue weighted by molar-refractivity contribution is -0.672. The van der Waals surface area contributed by atoms with Crippen molar-refractivity contribution in [2.24, 2.45) is 0 Å². The minimum Gasteiger partial charge on any atom is -1.00 e. The highest BCUT2D eigenvalue weighted by Gasteiger charge is 2.10. The van der Waals surface area contributed by atoms with E-state index in [1.54, 1.807) is 0 Å². The van der Waals surface area contributed by atoms with E-state index in [-0.39, 0.29) is 48.0 Å². The van der Waals surface area contributed by atoms with Crippen molar-refractivity contribution in [1.82, 2.24) is 0 Å². The second kappa shape index (κ2) is 15.0. The fourth-order valence-electron chi connectivity index (χ4n) is 4.87. The zero-order valence-electron chi connectivity index (χ0n) is 20.6. The van der Waals surface area contributed by atoms with Crippen LogP contribution in [0.5, 0.6) is 0 Å². The smallest absolute Gasteiger partial charge is 0.212 e. The molecule has 0 amide bonds. The van der Waals surface area contributed by atoms with Crippen LogP contribution in [0.1, 0.15) is 62.5 Å². The lowest BCUT2D eigenvalue weighted by Crippen LogP contribution is -3.00. The van der Waals surface area contributed by atoms with Crippen LogP contribution in [0.4, 0.5) is 0 Å². The molecule has 0 saturated carbocycles. The van der Waals surface area contributed by atoms with Crippen molar-refractivity contribution in [3.63, 3.8) is 0 Å². The van der Waals surface area contributed by atoms with Gasteiger partial charge in [0.05, 0.1) is 0 Å². The fraction of sp³-hybridized carbons (Fsp3) is 0.400. The summed E-state index contributed by atoms with van der Waals surface area (Å²) in [6.45, 7) is 6.66. The molecule has 0 N–H and O–H groups in total. The first-order valence-corrected chi connectivity index (χ1v) is 12.5. The van der Waals surface area contributed by atoms with Crippen LogP contribution in [0.2, 0.25) is 0 Å². The van der Waals surface area contributed by atoms with Gasteiger partial charge in [-0.2, -0.15) is 9.13 Å². The second-order valence-electron chi connectivity index (χ2n) is 9.25. The normalized spacial score (nSPS) is 10.8. The highest BCUT2D eigenvalue weighted by molar-refractivity contribution is 5.79. The maximum Gasteiger partial charge on any atom is 0.212 e. The third kappa shape index (κ3) is 7.61. The molecule has 2 aromatic carbocycles. The molecular weight excluding hydrogens is 642 g/mol. The molecule has 4 heteroatoms. The van der Waals surface area contributed by atoms with Gasteiger partial charge in [0.25, 0.3) is 0 Å². The number of hydrogen-bond donors (Lipinski definition) is 0. The van der Waals surface area contributed by atoms with Crippen molar-refractivity contribution in [1.29, 1.82) is 0 Å². The van der Waals surface area contributed by atoms with Crippen LogP contribution < -0.4 is 57.1 Å². The minimum atomic E-state index is 0. The number of para-hydroxylation sites is 2. The number of halogens is 2. The van der Waals surface area contributed by atoms with Gasteiger partial charge in [-0.25, -0.2) is 0 Å². The number of fused-ring (bicyclic) bond motifs is 2. The number of benzene rings is 2. The van der Waals surface area contributed by atoms with Crippen LogP contribution >= 0.6 is 0 Å². The molecule has 0 fully saturated rings. The summed E-state index contributed by atoms with van der Waals surface area (Å²) >= 11 is 0. The van der Waals surface area contributed by atoms with E-state index in [0.29, 0.717) is 0 Å². The highest BCUT2D eigenvalue weighted by Crippen LogP contribution is 2.16. The van der Waals surface area contributed by atoms with E-state index >= 15 is 0 Å². The van der Waals surface area contributed by atoms with Crippen molar-refractivity contribution in [2.75, 3.05) is 0 Å². The Labute approximate surface area is 239 Å². The molecule has 2 heterocycles. The summed E-state index contributed by atoms with van der Waals surface area (Å²) in [6.07, 6.45) is 15.2. The topological polar surface area (TPSA) is 7.76 Å². The molecule has 0 unspecified atom stereocenters. The van der Waals surface area contributed by atoms with Gasteiger partial charge in [0.2, 0.25) is 11.0 Å². The summed E-state index contributed by atoms with van der Waals surface area (Å²) < 4.78 is 4.85. The Kier molecular flexibility index (Phi) is 12.7. The first-order valence-electron chi connectivity index (χ1n) is 12.5. The molecular formula is C30H38I2N2. The summed E-state index contributed by atoms with van der Waals surface area (Å²) in [6, 6.07) is 22.1. The maximum atomic E-state index is 2.43. The fourth-order valence-corrected chi connectivity index (χ4v) is 4.87. The van der Waals surface area contributed by atoms with Crippen LogP contribution in [0, 0.1) is 13.8 Å². The van der Waals surface area contributed by atoms with Crippen molar-refractivity contribution in [3.8, 4) is 0 Å². The summed E-state index contributed by atoms with van der Waals surface area (Å²) in [4.78, 5) is 0. The van der Waals surface area contributed by atoms with E-state index in [1.807, 2.05) is 0 Å². The Hall–Kier alpha value is -1.28. The maximum absolute atomic E-state index is 2.43. The number of rotatable bonds is 11.